The first-order valence-corrected chi connectivity index (χ1v) is 11.4. The van der Waals surface area contributed by atoms with E-state index in [0.717, 1.165) is 38.0 Å². The second-order valence-electron chi connectivity index (χ2n) is 9.17. The zero-order valence-corrected chi connectivity index (χ0v) is 19.0. The molecule has 1 N–H and O–H groups in total. The third kappa shape index (κ3) is 4.84. The first-order chi connectivity index (χ1) is 14.5. The van der Waals surface area contributed by atoms with E-state index >= 15 is 0 Å². The van der Waals surface area contributed by atoms with Crippen LogP contribution in [-0.4, -0.2) is 37.8 Å². The first kappa shape index (κ1) is 20.9. The highest BCUT2D eigenvalue weighted by molar-refractivity contribution is 6.00. The normalized spacial score (nSPS) is 21.3. The summed E-state index contributed by atoms with van der Waals surface area (Å²) in [5.74, 6) is 0.587. The molecular formula is C27H35N3. The van der Waals surface area contributed by atoms with Crippen molar-refractivity contribution < 1.29 is 0 Å². The molecule has 1 aliphatic carbocycles. The van der Waals surface area contributed by atoms with Gasteiger partial charge in [-0.15, -0.1) is 0 Å². The number of hydrogen-bond donors (Lipinski definition) is 1. The molecular weight excluding hydrogens is 366 g/mol. The second-order valence-corrected chi connectivity index (χ2v) is 9.17. The van der Waals surface area contributed by atoms with Gasteiger partial charge >= 0.3 is 0 Å². The number of hydrogen-bond acceptors (Lipinski definition) is 3. The minimum atomic E-state index is 0.587. The molecule has 1 saturated heterocycles. The Kier molecular flexibility index (Phi) is 6.38. The zero-order chi connectivity index (χ0) is 21.1. The molecule has 2 aliphatic heterocycles. The highest BCUT2D eigenvalue weighted by Crippen LogP contribution is 2.34. The van der Waals surface area contributed by atoms with Crippen LogP contribution in [0.3, 0.4) is 0 Å². The van der Waals surface area contributed by atoms with Crippen LogP contribution in [0.15, 0.2) is 64.3 Å². The monoisotopic (exact) mass is 401 g/mol. The van der Waals surface area contributed by atoms with Crippen LogP contribution in [0.2, 0.25) is 0 Å². The van der Waals surface area contributed by atoms with E-state index in [1.807, 2.05) is 0 Å². The Morgan fingerprint density at radius 2 is 1.90 bits per heavy atom. The maximum atomic E-state index is 5.18. The van der Waals surface area contributed by atoms with Gasteiger partial charge in [-0.2, -0.15) is 0 Å². The van der Waals surface area contributed by atoms with Crippen molar-refractivity contribution in [3.05, 3.63) is 70.5 Å². The molecule has 3 aliphatic rings. The number of aliphatic imine (C=N–C) groups is 1. The van der Waals surface area contributed by atoms with Crippen LogP contribution in [0.4, 0.5) is 5.69 Å². The highest BCUT2D eigenvalue weighted by Gasteiger charge is 2.21. The molecule has 30 heavy (non-hydrogen) atoms. The molecule has 0 radical (unpaired) electrons. The van der Waals surface area contributed by atoms with E-state index in [-0.39, 0.29) is 0 Å². The van der Waals surface area contributed by atoms with E-state index in [9.17, 15) is 0 Å². The summed E-state index contributed by atoms with van der Waals surface area (Å²) in [6, 6.07) is 6.88. The summed E-state index contributed by atoms with van der Waals surface area (Å²) in [7, 11) is 4.18. The van der Waals surface area contributed by atoms with Gasteiger partial charge in [0.2, 0.25) is 0 Å². The summed E-state index contributed by atoms with van der Waals surface area (Å²) in [6.45, 7) is 6.71. The van der Waals surface area contributed by atoms with E-state index in [2.05, 4.69) is 80.8 Å². The van der Waals surface area contributed by atoms with Crippen LogP contribution in [0.25, 0.3) is 5.57 Å². The van der Waals surface area contributed by atoms with Gasteiger partial charge in [-0.1, -0.05) is 30.2 Å². The van der Waals surface area contributed by atoms with Gasteiger partial charge < -0.3 is 10.2 Å². The Morgan fingerprint density at radius 3 is 2.63 bits per heavy atom. The lowest BCUT2D eigenvalue weighted by atomic mass is 9.90. The Balaban J connectivity index is 1.70. The average Bonchev–Trinajstić information content (AvgIpc) is 2.92. The lowest BCUT2D eigenvalue weighted by molar-refractivity contribution is 0.457. The van der Waals surface area contributed by atoms with Gasteiger partial charge in [-0.05, 0) is 98.7 Å². The number of allylic oxidation sites excluding steroid dienone is 7. The van der Waals surface area contributed by atoms with Crippen molar-refractivity contribution in [2.24, 2.45) is 10.9 Å². The van der Waals surface area contributed by atoms with Gasteiger partial charge in [-0.25, -0.2) is 0 Å². The molecule has 2 heterocycles. The smallest absolute Gasteiger partial charge is 0.0668 e. The summed E-state index contributed by atoms with van der Waals surface area (Å²) in [6.07, 6.45) is 14.8. The number of rotatable bonds is 4. The fourth-order valence-electron chi connectivity index (χ4n) is 4.76. The summed E-state index contributed by atoms with van der Waals surface area (Å²) >= 11 is 0. The van der Waals surface area contributed by atoms with E-state index in [4.69, 9.17) is 4.99 Å². The molecule has 1 aromatic rings. The van der Waals surface area contributed by atoms with Crippen molar-refractivity contribution in [2.45, 2.75) is 46.0 Å². The molecule has 0 unspecified atom stereocenters. The molecule has 0 spiro atoms. The molecule has 0 bridgehead atoms. The predicted octanol–water partition coefficient (Wildman–Crippen LogP) is 5.83. The highest BCUT2D eigenvalue weighted by atomic mass is 15.0. The van der Waals surface area contributed by atoms with Gasteiger partial charge in [0.15, 0.2) is 0 Å². The van der Waals surface area contributed by atoms with Gasteiger partial charge in [0.1, 0.15) is 0 Å². The van der Waals surface area contributed by atoms with Crippen molar-refractivity contribution >= 4 is 17.0 Å². The second kappa shape index (κ2) is 9.18. The van der Waals surface area contributed by atoms with Gasteiger partial charge in [0.05, 0.1) is 5.69 Å². The summed E-state index contributed by atoms with van der Waals surface area (Å²) in [5, 5.41) is 3.48. The Morgan fingerprint density at radius 1 is 1.10 bits per heavy atom. The maximum Gasteiger partial charge on any atom is 0.0668 e. The molecule has 0 aromatic heterocycles. The van der Waals surface area contributed by atoms with Crippen LogP contribution in [-0.2, 0) is 6.42 Å². The van der Waals surface area contributed by atoms with Gasteiger partial charge in [-0.3, -0.25) is 4.99 Å². The molecule has 4 rings (SSSR count). The van der Waals surface area contributed by atoms with Gasteiger partial charge in [0, 0.05) is 31.9 Å². The topological polar surface area (TPSA) is 27.6 Å². The van der Waals surface area contributed by atoms with Crippen LogP contribution in [0, 0.1) is 5.92 Å². The number of benzene rings is 1. The number of fused-ring (bicyclic) bond motifs is 1. The molecule has 0 amide bonds. The minimum Gasteiger partial charge on any atom is -0.383 e. The number of nitrogens with zero attached hydrogens (tertiary/aromatic N) is 2. The first-order valence-electron chi connectivity index (χ1n) is 11.4. The Hall–Kier alpha value is -2.39. The lowest BCUT2D eigenvalue weighted by Gasteiger charge is -2.23. The Labute approximate surface area is 182 Å². The number of nitrogens with one attached hydrogen (secondary N) is 1. The van der Waals surface area contributed by atoms with Crippen LogP contribution in [0.5, 0.6) is 0 Å². The molecule has 0 saturated carbocycles. The van der Waals surface area contributed by atoms with Crippen molar-refractivity contribution in [1.82, 2.24) is 10.2 Å². The maximum absolute atomic E-state index is 5.18. The fraction of sp³-hybridized carbons (Fsp3) is 0.444. The fourth-order valence-corrected chi connectivity index (χ4v) is 4.76. The zero-order valence-electron chi connectivity index (χ0n) is 19.0. The molecule has 3 nitrogen and oxygen atoms in total. The standard InChI is InChI=1S/C27H35N3/c1-5-20-14-25-17-23(24-13-19(2)12-21(15-24)18-30(3)4)6-7-26(25)29-27(16-20)22-8-10-28-11-9-22/h6-7,13,15-18,22,28H,5,8-12,14H2,1-4H3/b21-18+. The number of piperidine rings is 1. The van der Waals surface area contributed by atoms with Crippen LogP contribution in [0.1, 0.15) is 50.7 Å². The quantitative estimate of drug-likeness (QED) is 0.687. The average molecular weight is 402 g/mol. The van der Waals surface area contributed by atoms with Crippen LogP contribution >= 0.6 is 0 Å². The van der Waals surface area contributed by atoms with E-state index in [1.165, 1.54) is 52.0 Å². The lowest BCUT2D eigenvalue weighted by Crippen LogP contribution is -2.31. The predicted molar refractivity (Wildman–Crippen MR) is 129 cm³/mol. The van der Waals surface area contributed by atoms with Crippen molar-refractivity contribution in [3.8, 4) is 0 Å². The van der Waals surface area contributed by atoms with Crippen molar-refractivity contribution in [2.75, 3.05) is 27.2 Å². The summed E-state index contributed by atoms with van der Waals surface area (Å²) in [5.41, 5.74) is 10.7. The van der Waals surface area contributed by atoms with Gasteiger partial charge in [0.25, 0.3) is 0 Å². The SMILES string of the molecule is CCC1=CC(C2CCNCC2)=Nc2ccc(C3=C/C(=C/N(C)C)CC(C)=C3)cc2C1. The molecule has 1 fully saturated rings. The molecule has 3 heteroatoms. The molecule has 158 valence electrons. The largest absolute Gasteiger partial charge is 0.383 e. The van der Waals surface area contributed by atoms with E-state index in [0.29, 0.717) is 5.92 Å². The third-order valence-corrected chi connectivity index (χ3v) is 6.29. The van der Waals surface area contributed by atoms with Crippen LogP contribution < -0.4 is 5.32 Å². The van der Waals surface area contributed by atoms with E-state index in [1.54, 1.807) is 0 Å². The summed E-state index contributed by atoms with van der Waals surface area (Å²) < 4.78 is 0. The molecule has 1 aromatic carbocycles. The van der Waals surface area contributed by atoms with Crippen molar-refractivity contribution in [1.29, 1.82) is 0 Å². The van der Waals surface area contributed by atoms with Crippen molar-refractivity contribution in [3.63, 3.8) is 0 Å². The Bertz CT molecular complexity index is 950. The summed E-state index contributed by atoms with van der Waals surface area (Å²) in [4.78, 5) is 7.31. The third-order valence-electron chi connectivity index (χ3n) is 6.29. The molecule has 0 atom stereocenters. The van der Waals surface area contributed by atoms with E-state index < -0.39 is 0 Å². The minimum absolute atomic E-state index is 0.587.